The third-order valence-corrected chi connectivity index (χ3v) is 3.99. The number of unbranched alkanes of at least 4 members (excludes halogenated alkanes) is 14. The van der Waals surface area contributed by atoms with Gasteiger partial charge in [-0.05, 0) is 6.42 Å². The topological polar surface area (TPSA) is 233 Å². The average Bonchev–Trinajstić information content (AvgIpc) is 2.49. The second-order valence-corrected chi connectivity index (χ2v) is 7.44. The maximum absolute atomic E-state index is 10.3. The summed E-state index contributed by atoms with van der Waals surface area (Å²) in [6.07, 6.45) is 20.2. The van der Waals surface area contributed by atoms with E-state index >= 15 is 0 Å². The van der Waals surface area contributed by atoms with E-state index in [0.717, 1.165) is 12.8 Å². The molecule has 0 saturated carbocycles. The van der Waals surface area contributed by atoms with E-state index in [1.807, 2.05) is 0 Å². The minimum Gasteiger partial charge on any atom is -0.822 e. The van der Waals surface area contributed by atoms with Crippen LogP contribution in [0.1, 0.15) is 110 Å². The normalized spacial score (nSPS) is 9.86. The summed E-state index contributed by atoms with van der Waals surface area (Å²) in [6, 6.07) is 0. The zero-order valence-electron chi connectivity index (χ0n) is 18.7. The highest BCUT2D eigenvalue weighted by atomic mass is 31.2. The maximum atomic E-state index is 10.3. The van der Waals surface area contributed by atoms with Gasteiger partial charge in [-0.3, -0.25) is 4.79 Å². The number of hydrogen-bond donors (Lipinski definition) is 4. The van der Waals surface area contributed by atoms with Gasteiger partial charge >= 0.3 is 5.97 Å². The van der Waals surface area contributed by atoms with Gasteiger partial charge in [0.1, 0.15) is 0 Å². The molecule has 0 fully saturated rings. The molecule has 0 aromatic rings. The van der Waals surface area contributed by atoms with E-state index < -0.39 is 13.8 Å². The smallest absolute Gasteiger partial charge is 0.303 e. The molecule has 0 aliphatic rings. The van der Waals surface area contributed by atoms with Crippen LogP contribution in [0.5, 0.6) is 0 Å². The maximum Gasteiger partial charge on any atom is 0.303 e. The van der Waals surface area contributed by atoms with Crippen LogP contribution in [-0.2, 0) is 9.36 Å². The molecule has 0 atom stereocenters. The van der Waals surface area contributed by atoms with Crippen LogP contribution in [0.15, 0.2) is 0 Å². The number of aliphatic carboxylic acids is 1. The van der Waals surface area contributed by atoms with Gasteiger partial charge in [0.25, 0.3) is 0 Å². The molecule has 0 unspecified atom stereocenters. The largest absolute Gasteiger partial charge is 0.822 e. The van der Waals surface area contributed by atoms with E-state index in [4.69, 9.17) is 24.4 Å². The quantitative estimate of drug-likeness (QED) is 0.199. The van der Waals surface area contributed by atoms with Gasteiger partial charge in [-0.25, -0.2) is 0 Å². The molecule has 0 rings (SSSR count). The van der Waals surface area contributed by atoms with Crippen molar-refractivity contribution >= 4 is 13.8 Å². The lowest BCUT2D eigenvalue weighted by Gasteiger charge is -2.36. The van der Waals surface area contributed by atoms with Crippen molar-refractivity contribution in [2.45, 2.75) is 110 Å². The molecule has 0 amide bonds. The first-order valence-electron chi connectivity index (χ1n) is 9.72. The van der Waals surface area contributed by atoms with Crippen LogP contribution < -0.4 is 33.1 Å². The molecule has 0 saturated heterocycles. The Kier molecular flexibility index (Phi) is 39.0. The van der Waals surface area contributed by atoms with Crippen LogP contribution in [0.25, 0.3) is 0 Å². The van der Waals surface area contributed by atoms with Gasteiger partial charge in [0.15, 0.2) is 0 Å². The zero-order valence-corrected chi connectivity index (χ0v) is 19.6. The number of carboxylic acids is 1. The third kappa shape index (κ3) is 56.2. The highest BCUT2D eigenvalue weighted by Gasteiger charge is 1.97. The van der Waals surface area contributed by atoms with E-state index in [-0.39, 0.29) is 18.5 Å². The van der Waals surface area contributed by atoms with E-state index in [0.29, 0.717) is 6.42 Å². The van der Waals surface area contributed by atoms with Gasteiger partial charge in [-0.15, -0.1) is 0 Å². The third-order valence-electron chi connectivity index (χ3n) is 3.99. The first kappa shape index (κ1) is 38.1. The second-order valence-electron chi connectivity index (χ2n) is 6.54. The number of hydrogen-bond acceptors (Lipinski definition) is 5. The van der Waals surface area contributed by atoms with Crippen molar-refractivity contribution in [2.24, 2.45) is 0 Å². The van der Waals surface area contributed by atoms with Crippen LogP contribution in [-0.4, -0.2) is 11.1 Å². The molecule has 28 heavy (non-hydrogen) atoms. The number of quaternary nitrogens is 3. The Morgan fingerprint density at radius 1 is 0.643 bits per heavy atom. The number of carboxylic acid groups (broad SMARTS) is 1. The van der Waals surface area contributed by atoms with Crippen molar-refractivity contribution in [3.05, 3.63) is 0 Å². The Morgan fingerprint density at radius 3 is 1.07 bits per heavy atom. The minimum absolute atomic E-state index is 0. The van der Waals surface area contributed by atoms with Crippen LogP contribution in [0.2, 0.25) is 0 Å². The SMILES string of the molecule is CCCCCCCCCCCCCCCCCC(=O)O.O=P([O-])([O-])[O-].[NH4+].[NH4+].[NH4+]. The Labute approximate surface area is 171 Å². The Bertz CT molecular complexity index is 335. The summed E-state index contributed by atoms with van der Waals surface area (Å²) in [4.78, 5) is 36.0. The molecular formula is C18H48N3O6P. The van der Waals surface area contributed by atoms with Crippen LogP contribution >= 0.6 is 7.82 Å². The summed E-state index contributed by atoms with van der Waals surface area (Å²) < 4.78 is 8.55. The lowest BCUT2D eigenvalue weighted by atomic mass is 10.0. The van der Waals surface area contributed by atoms with E-state index in [1.165, 1.54) is 83.5 Å². The van der Waals surface area contributed by atoms with Gasteiger partial charge in [0, 0.05) is 6.42 Å². The first-order valence-corrected chi connectivity index (χ1v) is 11.2. The van der Waals surface area contributed by atoms with Gasteiger partial charge in [-0.2, -0.15) is 7.82 Å². The van der Waals surface area contributed by atoms with Crippen molar-refractivity contribution < 1.29 is 29.1 Å². The zero-order chi connectivity index (χ0) is 19.4. The predicted octanol–water partition coefficient (Wildman–Crippen LogP) is 4.64. The van der Waals surface area contributed by atoms with Crippen molar-refractivity contribution in [3.63, 3.8) is 0 Å². The van der Waals surface area contributed by atoms with Crippen molar-refractivity contribution in [2.75, 3.05) is 0 Å². The average molecular weight is 434 g/mol. The van der Waals surface area contributed by atoms with Crippen molar-refractivity contribution in [1.29, 1.82) is 0 Å². The summed E-state index contributed by atoms with van der Waals surface area (Å²) in [6.45, 7) is 2.27. The number of carbonyl (C=O) groups is 1. The van der Waals surface area contributed by atoms with Crippen LogP contribution in [0.4, 0.5) is 0 Å². The Morgan fingerprint density at radius 2 is 0.857 bits per heavy atom. The lowest BCUT2D eigenvalue weighted by Crippen LogP contribution is -2.24. The molecule has 13 N–H and O–H groups in total. The Hall–Kier alpha value is -0.540. The van der Waals surface area contributed by atoms with Gasteiger partial charge in [-0.1, -0.05) is 96.8 Å². The molecule has 0 aliphatic heterocycles. The van der Waals surface area contributed by atoms with E-state index in [9.17, 15) is 4.79 Å². The van der Waals surface area contributed by atoms with Crippen molar-refractivity contribution in [3.8, 4) is 0 Å². The van der Waals surface area contributed by atoms with Gasteiger partial charge < -0.3 is 42.8 Å². The molecule has 0 aliphatic carbocycles. The molecule has 0 spiro atoms. The fraction of sp³-hybridized carbons (Fsp3) is 0.944. The lowest BCUT2D eigenvalue weighted by molar-refractivity contribution is -0.432. The second kappa shape index (κ2) is 28.7. The summed E-state index contributed by atoms with van der Waals surface area (Å²) >= 11 is 0. The highest BCUT2D eigenvalue weighted by Crippen LogP contribution is 2.13. The monoisotopic (exact) mass is 433 g/mol. The van der Waals surface area contributed by atoms with Gasteiger partial charge in [0.2, 0.25) is 0 Å². The highest BCUT2D eigenvalue weighted by molar-refractivity contribution is 7.40. The standard InChI is InChI=1S/C18H36O2.3H3N.H3O4P/c1-2-3-4-5-6-7-8-9-10-11-12-13-14-15-16-17-18(19)20;;;;1-5(2,3)4/h2-17H2,1H3,(H,19,20);3*1H3;(H3,1,2,3,4). The molecule has 0 aromatic carbocycles. The summed E-state index contributed by atoms with van der Waals surface area (Å²) in [5.41, 5.74) is 0. The summed E-state index contributed by atoms with van der Waals surface area (Å²) in [5.74, 6) is -0.653. The predicted molar refractivity (Wildman–Crippen MR) is 113 cm³/mol. The van der Waals surface area contributed by atoms with Crippen LogP contribution in [0, 0.1) is 0 Å². The molecule has 0 radical (unpaired) electrons. The molecule has 10 heteroatoms. The molecular weight excluding hydrogens is 385 g/mol. The molecule has 0 bridgehead atoms. The van der Waals surface area contributed by atoms with E-state index in [1.54, 1.807) is 0 Å². The van der Waals surface area contributed by atoms with Crippen molar-refractivity contribution in [1.82, 2.24) is 18.5 Å². The Balaban J connectivity index is -0.000000195. The fourth-order valence-corrected chi connectivity index (χ4v) is 2.65. The summed E-state index contributed by atoms with van der Waals surface area (Å²) in [5, 5.41) is 8.52. The molecule has 0 aromatic heterocycles. The number of rotatable bonds is 16. The minimum atomic E-state index is -5.39. The van der Waals surface area contributed by atoms with E-state index in [2.05, 4.69) is 6.92 Å². The summed E-state index contributed by atoms with van der Waals surface area (Å²) in [7, 11) is -5.39. The number of phosphoric acid groups is 1. The fourth-order valence-electron chi connectivity index (χ4n) is 2.65. The first-order chi connectivity index (χ1) is 11.8. The molecule has 0 heterocycles. The van der Waals surface area contributed by atoms with Crippen LogP contribution in [0.3, 0.4) is 0 Å². The molecule has 9 nitrogen and oxygen atoms in total. The molecule has 176 valence electrons. The van der Waals surface area contributed by atoms with Gasteiger partial charge in [0.05, 0.1) is 0 Å².